The molecule has 0 fully saturated rings. The number of thioether (sulfide) groups is 1. The van der Waals surface area contributed by atoms with E-state index in [1.54, 1.807) is 11.8 Å². The van der Waals surface area contributed by atoms with Gasteiger partial charge in [-0.1, -0.05) is 27.7 Å². The lowest BCUT2D eigenvalue weighted by molar-refractivity contribution is -0.191. The Balaban J connectivity index is 0. The Labute approximate surface area is 185 Å². The van der Waals surface area contributed by atoms with Gasteiger partial charge in [-0.2, -0.15) is 9.59 Å². The quantitative estimate of drug-likeness (QED) is 0.294. The van der Waals surface area contributed by atoms with E-state index in [9.17, 15) is 14.4 Å². The lowest BCUT2D eigenvalue weighted by atomic mass is 10.1. The third-order valence-electron chi connectivity index (χ3n) is 4.06. The Bertz CT molecular complexity index is 512. The molecule has 1 atom stereocenters. The summed E-state index contributed by atoms with van der Waals surface area (Å²) in [6.07, 6.45) is 3.48. The summed E-state index contributed by atoms with van der Waals surface area (Å²) < 4.78 is 10.8. The van der Waals surface area contributed by atoms with E-state index in [4.69, 9.17) is 19.1 Å². The third kappa shape index (κ3) is 21.4. The monoisotopic (exact) mass is 446 g/mol. The molecule has 7 nitrogen and oxygen atoms in total. The highest BCUT2D eigenvalue weighted by Crippen LogP contribution is 2.19. The van der Waals surface area contributed by atoms with Crippen molar-refractivity contribution < 1.29 is 33.4 Å². The molecule has 0 aliphatic carbocycles. The summed E-state index contributed by atoms with van der Waals surface area (Å²) in [5, 5.41) is 0.456. The molecule has 0 spiro atoms. The molecule has 0 N–H and O–H groups in total. The van der Waals surface area contributed by atoms with Gasteiger partial charge in [-0.15, -0.1) is 11.8 Å². The van der Waals surface area contributed by atoms with Gasteiger partial charge in [0.1, 0.15) is 17.3 Å². The van der Waals surface area contributed by atoms with E-state index in [2.05, 4.69) is 13.8 Å². The number of ether oxygens (including phenoxy) is 2. The first-order chi connectivity index (χ1) is 14.1. The highest BCUT2D eigenvalue weighted by molar-refractivity contribution is 8.01. The Hall–Kier alpha value is -1.34. The molecular formula is C22H38O7S. The first-order valence-electron chi connectivity index (χ1n) is 10.5. The SMILES string of the molecule is CC(C)SC(C)C(=O)CCCC(=O)CCCOCCOCCC(=O)C(C)C.O=C=O. The smallest absolute Gasteiger partial charge is 0.373 e. The van der Waals surface area contributed by atoms with E-state index in [0.29, 0.717) is 70.2 Å². The molecule has 8 heteroatoms. The van der Waals surface area contributed by atoms with Gasteiger partial charge in [0.2, 0.25) is 0 Å². The Morgan fingerprint density at radius 1 is 0.733 bits per heavy atom. The zero-order valence-electron chi connectivity index (χ0n) is 19.1. The van der Waals surface area contributed by atoms with Crippen LogP contribution in [0.3, 0.4) is 0 Å². The van der Waals surface area contributed by atoms with Crippen LogP contribution in [0.25, 0.3) is 0 Å². The van der Waals surface area contributed by atoms with E-state index in [1.807, 2.05) is 20.8 Å². The highest BCUT2D eigenvalue weighted by atomic mass is 32.2. The summed E-state index contributed by atoms with van der Waals surface area (Å²) >= 11 is 1.67. The summed E-state index contributed by atoms with van der Waals surface area (Å²) in [6.45, 7) is 11.8. The van der Waals surface area contributed by atoms with Crippen LogP contribution in [-0.2, 0) is 33.4 Å². The first kappa shape index (κ1) is 30.9. The van der Waals surface area contributed by atoms with E-state index in [1.165, 1.54) is 0 Å². The van der Waals surface area contributed by atoms with Gasteiger partial charge in [0.15, 0.2) is 0 Å². The van der Waals surface area contributed by atoms with E-state index >= 15 is 0 Å². The molecule has 0 aliphatic rings. The minimum atomic E-state index is 0.0132. The van der Waals surface area contributed by atoms with Crippen molar-refractivity contribution in [2.75, 3.05) is 26.4 Å². The van der Waals surface area contributed by atoms with Gasteiger partial charge in [-0.25, -0.2) is 0 Å². The van der Waals surface area contributed by atoms with Crippen LogP contribution in [0.4, 0.5) is 0 Å². The Kier molecular flexibility index (Phi) is 21.5. The summed E-state index contributed by atoms with van der Waals surface area (Å²) in [5.74, 6) is 0.700. The van der Waals surface area contributed by atoms with Crippen LogP contribution in [0.2, 0.25) is 0 Å². The largest absolute Gasteiger partial charge is 0.379 e. The fraction of sp³-hybridized carbons (Fsp3) is 0.818. The number of hydrogen-bond acceptors (Lipinski definition) is 8. The molecule has 0 heterocycles. The fourth-order valence-electron chi connectivity index (χ4n) is 2.43. The summed E-state index contributed by atoms with van der Waals surface area (Å²) in [7, 11) is 0. The van der Waals surface area contributed by atoms with Gasteiger partial charge >= 0.3 is 6.15 Å². The second kappa shape index (κ2) is 20.9. The molecule has 30 heavy (non-hydrogen) atoms. The van der Waals surface area contributed by atoms with Crippen molar-refractivity contribution >= 4 is 35.3 Å². The van der Waals surface area contributed by atoms with Crippen molar-refractivity contribution in [3.63, 3.8) is 0 Å². The molecule has 0 aromatic heterocycles. The van der Waals surface area contributed by atoms with Crippen molar-refractivity contribution in [3.8, 4) is 0 Å². The fourth-order valence-corrected chi connectivity index (χ4v) is 3.51. The topological polar surface area (TPSA) is 104 Å². The minimum absolute atomic E-state index is 0.0132. The molecular weight excluding hydrogens is 408 g/mol. The highest BCUT2D eigenvalue weighted by Gasteiger charge is 2.15. The van der Waals surface area contributed by atoms with Gasteiger partial charge < -0.3 is 9.47 Å². The van der Waals surface area contributed by atoms with E-state index in [0.717, 1.165) is 0 Å². The second-order valence-corrected chi connectivity index (χ2v) is 9.39. The average Bonchev–Trinajstić information content (AvgIpc) is 2.66. The lowest BCUT2D eigenvalue weighted by Gasteiger charge is -2.12. The molecule has 174 valence electrons. The van der Waals surface area contributed by atoms with Crippen LogP contribution in [0.15, 0.2) is 0 Å². The molecule has 0 bridgehead atoms. The number of rotatable bonds is 18. The number of Topliss-reactive ketones (excluding diaryl/α,β-unsaturated/α-hetero) is 3. The van der Waals surface area contributed by atoms with E-state index < -0.39 is 0 Å². The first-order valence-corrected chi connectivity index (χ1v) is 11.5. The maximum atomic E-state index is 12.0. The maximum absolute atomic E-state index is 12.0. The number of carbonyl (C=O) groups is 3. The van der Waals surface area contributed by atoms with Crippen molar-refractivity contribution in [3.05, 3.63) is 0 Å². The predicted molar refractivity (Wildman–Crippen MR) is 116 cm³/mol. The summed E-state index contributed by atoms with van der Waals surface area (Å²) in [5.41, 5.74) is 0. The standard InChI is InChI=1S/C21H38O5S.CO2/c1-16(2)20(23)11-13-26-15-14-25-12-7-9-19(22)8-6-10-21(24)18(5)27-17(3)4;2-1-3/h16-18H,6-15H2,1-5H3;. The predicted octanol–water partition coefficient (Wildman–Crippen LogP) is 3.67. The Morgan fingerprint density at radius 2 is 1.27 bits per heavy atom. The van der Waals surface area contributed by atoms with Gasteiger partial charge in [0, 0.05) is 38.2 Å². The molecule has 0 aromatic rings. The summed E-state index contributed by atoms with van der Waals surface area (Å²) in [4.78, 5) is 51.4. The molecule has 0 saturated carbocycles. The van der Waals surface area contributed by atoms with Crippen LogP contribution in [0.1, 0.15) is 73.1 Å². The minimum Gasteiger partial charge on any atom is -0.379 e. The second-order valence-electron chi connectivity index (χ2n) is 7.47. The normalized spacial score (nSPS) is 11.6. The molecule has 0 amide bonds. The molecule has 0 aliphatic heterocycles. The number of carbonyl (C=O) groups excluding carboxylic acids is 5. The van der Waals surface area contributed by atoms with Gasteiger partial charge in [0.05, 0.1) is 25.1 Å². The average molecular weight is 447 g/mol. The number of ketones is 3. The van der Waals surface area contributed by atoms with Gasteiger partial charge in [-0.3, -0.25) is 14.4 Å². The van der Waals surface area contributed by atoms with Crippen LogP contribution in [-0.4, -0.2) is 60.4 Å². The van der Waals surface area contributed by atoms with Gasteiger partial charge in [0.25, 0.3) is 0 Å². The zero-order chi connectivity index (χ0) is 23.4. The molecule has 0 aromatic carbocycles. The third-order valence-corrected chi connectivity index (χ3v) is 5.28. The molecule has 0 rings (SSSR count). The van der Waals surface area contributed by atoms with Crippen molar-refractivity contribution in [2.24, 2.45) is 5.92 Å². The lowest BCUT2D eigenvalue weighted by Crippen LogP contribution is -2.15. The maximum Gasteiger partial charge on any atom is 0.373 e. The number of hydrogen-bond donors (Lipinski definition) is 0. The van der Waals surface area contributed by atoms with Crippen LogP contribution in [0, 0.1) is 5.92 Å². The molecule has 1 unspecified atom stereocenters. The summed E-state index contributed by atoms with van der Waals surface area (Å²) in [6, 6.07) is 0. The molecule has 0 saturated heterocycles. The zero-order valence-corrected chi connectivity index (χ0v) is 19.9. The van der Waals surface area contributed by atoms with Crippen LogP contribution in [0.5, 0.6) is 0 Å². The van der Waals surface area contributed by atoms with Gasteiger partial charge in [-0.05, 0) is 25.0 Å². The van der Waals surface area contributed by atoms with Crippen LogP contribution < -0.4 is 0 Å². The van der Waals surface area contributed by atoms with Crippen molar-refractivity contribution in [1.82, 2.24) is 0 Å². The van der Waals surface area contributed by atoms with Crippen LogP contribution >= 0.6 is 11.8 Å². The van der Waals surface area contributed by atoms with E-state index in [-0.39, 0.29) is 34.7 Å². The van der Waals surface area contributed by atoms with Crippen molar-refractivity contribution in [1.29, 1.82) is 0 Å². The Morgan fingerprint density at radius 3 is 1.80 bits per heavy atom. The van der Waals surface area contributed by atoms with Crippen molar-refractivity contribution in [2.45, 2.75) is 83.6 Å². The molecule has 0 radical (unpaired) electrons.